The van der Waals surface area contributed by atoms with E-state index in [-0.39, 0.29) is 5.54 Å². The van der Waals surface area contributed by atoms with E-state index in [1.165, 1.54) is 18.4 Å². The van der Waals surface area contributed by atoms with Crippen LogP contribution in [0.5, 0.6) is 0 Å². The summed E-state index contributed by atoms with van der Waals surface area (Å²) < 4.78 is 5.49. The molecule has 18 heavy (non-hydrogen) atoms. The zero-order valence-electron chi connectivity index (χ0n) is 11.0. The molecule has 1 saturated heterocycles. The number of anilines is 1. The summed E-state index contributed by atoms with van der Waals surface area (Å²) >= 11 is 0. The number of ether oxygens (including phenoxy) is 1. The van der Waals surface area contributed by atoms with Gasteiger partial charge in [-0.05, 0) is 43.9 Å². The third-order valence-electron chi connectivity index (χ3n) is 4.45. The molecule has 0 bridgehead atoms. The summed E-state index contributed by atoms with van der Waals surface area (Å²) in [6.45, 7) is 5.04. The van der Waals surface area contributed by atoms with E-state index in [1.807, 2.05) is 12.1 Å². The van der Waals surface area contributed by atoms with E-state index in [4.69, 9.17) is 10.5 Å². The Labute approximate surface area is 109 Å². The smallest absolute Gasteiger partial charge is 0.0646 e. The van der Waals surface area contributed by atoms with E-state index in [1.54, 1.807) is 0 Å². The van der Waals surface area contributed by atoms with Crippen LogP contribution in [0.1, 0.15) is 31.7 Å². The number of hydrogen-bond acceptors (Lipinski definition) is 3. The minimum absolute atomic E-state index is 0.170. The Hall–Kier alpha value is -1.06. The molecule has 0 amide bonds. The van der Waals surface area contributed by atoms with Crippen molar-refractivity contribution in [2.45, 2.75) is 37.1 Å². The molecule has 1 saturated carbocycles. The van der Waals surface area contributed by atoms with Gasteiger partial charge in [-0.25, -0.2) is 0 Å². The highest BCUT2D eigenvalue weighted by Gasteiger charge is 2.45. The first-order valence-electron chi connectivity index (χ1n) is 6.81. The zero-order chi connectivity index (χ0) is 12.6. The highest BCUT2D eigenvalue weighted by Crippen LogP contribution is 2.48. The molecule has 1 heterocycles. The molecule has 1 aliphatic carbocycles. The average molecular weight is 246 g/mol. The van der Waals surface area contributed by atoms with Crippen molar-refractivity contribution >= 4 is 5.69 Å². The molecule has 1 unspecified atom stereocenters. The van der Waals surface area contributed by atoms with Gasteiger partial charge in [0.05, 0.1) is 6.61 Å². The molecule has 1 aromatic carbocycles. The molecule has 0 radical (unpaired) electrons. The fraction of sp³-hybridized carbons (Fsp3) is 0.600. The number of nitrogen functional groups attached to an aromatic ring is 1. The van der Waals surface area contributed by atoms with Gasteiger partial charge in [0.15, 0.2) is 0 Å². The van der Waals surface area contributed by atoms with Gasteiger partial charge in [-0.2, -0.15) is 0 Å². The van der Waals surface area contributed by atoms with Gasteiger partial charge in [-0.1, -0.05) is 12.1 Å². The normalized spacial score (nSPS) is 29.4. The lowest BCUT2D eigenvalue weighted by Gasteiger charge is -2.27. The first kappa shape index (κ1) is 12.0. The molecule has 3 heteroatoms. The van der Waals surface area contributed by atoms with Crippen molar-refractivity contribution < 1.29 is 4.74 Å². The largest absolute Gasteiger partial charge is 0.399 e. The van der Waals surface area contributed by atoms with E-state index in [9.17, 15) is 0 Å². The van der Waals surface area contributed by atoms with Crippen molar-refractivity contribution in [2.75, 3.05) is 25.5 Å². The van der Waals surface area contributed by atoms with Gasteiger partial charge >= 0.3 is 0 Å². The standard InChI is InChI=1S/C15H22N2O/c1-14(8-9-18-11-14)17-10-15(6-7-15)12-2-4-13(16)5-3-12/h2-5,17H,6-11,16H2,1H3. The van der Waals surface area contributed by atoms with Crippen molar-refractivity contribution in [3.8, 4) is 0 Å². The van der Waals surface area contributed by atoms with E-state index in [2.05, 4.69) is 24.4 Å². The Morgan fingerprint density at radius 1 is 1.22 bits per heavy atom. The Kier molecular flexibility index (Phi) is 2.83. The van der Waals surface area contributed by atoms with Gasteiger partial charge in [0.1, 0.15) is 0 Å². The molecule has 0 aromatic heterocycles. The van der Waals surface area contributed by atoms with E-state index < -0.39 is 0 Å². The van der Waals surface area contributed by atoms with Crippen LogP contribution in [-0.4, -0.2) is 25.3 Å². The van der Waals surface area contributed by atoms with Gasteiger partial charge in [-0.3, -0.25) is 0 Å². The number of benzene rings is 1. The molecule has 3 N–H and O–H groups in total. The average Bonchev–Trinajstić information content (AvgIpc) is 3.04. The van der Waals surface area contributed by atoms with Crippen LogP contribution in [0.2, 0.25) is 0 Å². The molecule has 2 fully saturated rings. The van der Waals surface area contributed by atoms with E-state index in [0.717, 1.165) is 31.9 Å². The molecule has 98 valence electrons. The topological polar surface area (TPSA) is 47.3 Å². The van der Waals surface area contributed by atoms with Crippen LogP contribution in [0.3, 0.4) is 0 Å². The summed E-state index contributed by atoms with van der Waals surface area (Å²) in [5.41, 5.74) is 8.54. The Morgan fingerprint density at radius 2 is 1.94 bits per heavy atom. The van der Waals surface area contributed by atoms with Crippen molar-refractivity contribution in [1.82, 2.24) is 5.32 Å². The second-order valence-electron chi connectivity index (χ2n) is 6.12. The quantitative estimate of drug-likeness (QED) is 0.800. The third-order valence-corrected chi connectivity index (χ3v) is 4.45. The highest BCUT2D eigenvalue weighted by atomic mass is 16.5. The first-order valence-corrected chi connectivity index (χ1v) is 6.81. The van der Waals surface area contributed by atoms with Crippen LogP contribution in [0.25, 0.3) is 0 Å². The molecule has 0 spiro atoms. The molecule has 1 aliphatic heterocycles. The van der Waals surface area contributed by atoms with Crippen LogP contribution in [0.4, 0.5) is 5.69 Å². The lowest BCUT2D eigenvalue weighted by atomic mass is 9.93. The minimum atomic E-state index is 0.170. The molecule has 3 rings (SSSR count). The maximum Gasteiger partial charge on any atom is 0.0646 e. The fourth-order valence-electron chi connectivity index (χ4n) is 2.74. The van der Waals surface area contributed by atoms with E-state index >= 15 is 0 Å². The maximum absolute atomic E-state index is 5.75. The van der Waals surface area contributed by atoms with Crippen molar-refractivity contribution in [2.24, 2.45) is 0 Å². The molecule has 2 aliphatic rings. The number of nitrogens with one attached hydrogen (secondary N) is 1. The monoisotopic (exact) mass is 246 g/mol. The Bertz CT molecular complexity index is 417. The SMILES string of the molecule is CC1(NCC2(c3ccc(N)cc3)CC2)CCOC1. The lowest BCUT2D eigenvalue weighted by Crippen LogP contribution is -2.46. The summed E-state index contributed by atoms with van der Waals surface area (Å²) in [6, 6.07) is 8.38. The molecule has 3 nitrogen and oxygen atoms in total. The van der Waals surface area contributed by atoms with Gasteiger partial charge in [0, 0.05) is 29.8 Å². The van der Waals surface area contributed by atoms with Crippen LogP contribution >= 0.6 is 0 Å². The van der Waals surface area contributed by atoms with Gasteiger partial charge < -0.3 is 15.8 Å². The van der Waals surface area contributed by atoms with Gasteiger partial charge in [0.2, 0.25) is 0 Å². The molecule has 1 aromatic rings. The van der Waals surface area contributed by atoms with Crippen molar-refractivity contribution in [1.29, 1.82) is 0 Å². The summed E-state index contributed by atoms with van der Waals surface area (Å²) in [5.74, 6) is 0. The van der Waals surface area contributed by atoms with Crippen molar-refractivity contribution in [3.63, 3.8) is 0 Å². The predicted octanol–water partition coefficient (Wildman–Crippen LogP) is 2.07. The predicted molar refractivity (Wildman–Crippen MR) is 73.6 cm³/mol. The third kappa shape index (κ3) is 2.25. The second kappa shape index (κ2) is 4.25. The van der Waals surface area contributed by atoms with E-state index in [0.29, 0.717) is 5.41 Å². The van der Waals surface area contributed by atoms with Crippen LogP contribution in [-0.2, 0) is 10.2 Å². The summed E-state index contributed by atoms with van der Waals surface area (Å²) in [5, 5.41) is 3.72. The van der Waals surface area contributed by atoms with Crippen LogP contribution in [0, 0.1) is 0 Å². The minimum Gasteiger partial charge on any atom is -0.399 e. The van der Waals surface area contributed by atoms with Crippen molar-refractivity contribution in [3.05, 3.63) is 29.8 Å². The second-order valence-corrected chi connectivity index (χ2v) is 6.12. The summed E-state index contributed by atoms with van der Waals surface area (Å²) in [6.07, 6.45) is 3.67. The maximum atomic E-state index is 5.75. The number of rotatable bonds is 4. The number of hydrogen-bond donors (Lipinski definition) is 2. The number of nitrogens with two attached hydrogens (primary N) is 1. The zero-order valence-corrected chi connectivity index (χ0v) is 11.0. The molecular formula is C15H22N2O. The molecular weight excluding hydrogens is 224 g/mol. The van der Waals surface area contributed by atoms with Gasteiger partial charge in [-0.15, -0.1) is 0 Å². The highest BCUT2D eigenvalue weighted by molar-refractivity contribution is 5.43. The summed E-state index contributed by atoms with van der Waals surface area (Å²) in [7, 11) is 0. The first-order chi connectivity index (χ1) is 8.62. The Balaban J connectivity index is 1.66. The lowest BCUT2D eigenvalue weighted by molar-refractivity contribution is 0.170. The fourth-order valence-corrected chi connectivity index (χ4v) is 2.74. The molecule has 1 atom stereocenters. The van der Waals surface area contributed by atoms with Crippen LogP contribution < -0.4 is 11.1 Å². The summed E-state index contributed by atoms with van der Waals surface area (Å²) in [4.78, 5) is 0. The Morgan fingerprint density at radius 3 is 2.50 bits per heavy atom. The van der Waals surface area contributed by atoms with Crippen LogP contribution in [0.15, 0.2) is 24.3 Å². The van der Waals surface area contributed by atoms with Gasteiger partial charge in [0.25, 0.3) is 0 Å².